The van der Waals surface area contributed by atoms with Crippen molar-refractivity contribution < 1.29 is 14.3 Å². The van der Waals surface area contributed by atoms with E-state index in [1.807, 2.05) is 19.1 Å². The molecule has 2 aromatic carbocycles. The van der Waals surface area contributed by atoms with Crippen molar-refractivity contribution in [1.82, 2.24) is 0 Å². The monoisotopic (exact) mass is 313 g/mol. The standard InChI is InChI=1S/C19H23NO3/c1-15(17-10-9-16-6-2-3-7-18(16)14-17)20-23-13-12-22-19-8-4-5-11-21-19/h2-3,6-7,9-10,14,19H,4-5,8,11-13H2,1H3. The van der Waals surface area contributed by atoms with E-state index in [1.54, 1.807) is 0 Å². The van der Waals surface area contributed by atoms with Gasteiger partial charge in [0.25, 0.3) is 0 Å². The molecule has 1 heterocycles. The van der Waals surface area contributed by atoms with Crippen molar-refractivity contribution in [2.75, 3.05) is 19.8 Å². The lowest BCUT2D eigenvalue weighted by Gasteiger charge is -2.22. The van der Waals surface area contributed by atoms with Crippen LogP contribution in [0.5, 0.6) is 0 Å². The molecule has 0 saturated carbocycles. The van der Waals surface area contributed by atoms with Gasteiger partial charge in [0.05, 0.1) is 12.3 Å². The summed E-state index contributed by atoms with van der Waals surface area (Å²) >= 11 is 0. The molecule has 0 aliphatic carbocycles. The number of rotatable bonds is 6. The lowest BCUT2D eigenvalue weighted by molar-refractivity contribution is -0.169. The smallest absolute Gasteiger partial charge is 0.157 e. The van der Waals surface area contributed by atoms with Crippen LogP contribution in [0.1, 0.15) is 31.7 Å². The first-order chi connectivity index (χ1) is 11.3. The van der Waals surface area contributed by atoms with Crippen LogP contribution in [0.2, 0.25) is 0 Å². The van der Waals surface area contributed by atoms with E-state index in [0.29, 0.717) is 13.2 Å². The average molecular weight is 313 g/mol. The van der Waals surface area contributed by atoms with Gasteiger partial charge in [-0.2, -0.15) is 0 Å². The summed E-state index contributed by atoms with van der Waals surface area (Å²) in [5, 5.41) is 6.61. The minimum Gasteiger partial charge on any atom is -0.393 e. The zero-order chi connectivity index (χ0) is 15.9. The molecule has 0 N–H and O–H groups in total. The summed E-state index contributed by atoms with van der Waals surface area (Å²) in [7, 11) is 0. The summed E-state index contributed by atoms with van der Waals surface area (Å²) in [6, 6.07) is 14.6. The van der Waals surface area contributed by atoms with Crippen molar-refractivity contribution in [3.05, 3.63) is 48.0 Å². The average Bonchev–Trinajstić information content (AvgIpc) is 2.61. The van der Waals surface area contributed by atoms with Gasteiger partial charge in [-0.15, -0.1) is 0 Å². The van der Waals surface area contributed by atoms with Gasteiger partial charge in [-0.25, -0.2) is 0 Å². The van der Waals surface area contributed by atoms with E-state index < -0.39 is 0 Å². The second-order valence-electron chi connectivity index (χ2n) is 5.74. The molecule has 0 amide bonds. The molecule has 4 nitrogen and oxygen atoms in total. The van der Waals surface area contributed by atoms with E-state index in [1.165, 1.54) is 17.2 Å². The lowest BCUT2D eigenvalue weighted by Crippen LogP contribution is -2.23. The van der Waals surface area contributed by atoms with Crippen LogP contribution in [-0.2, 0) is 14.3 Å². The molecular formula is C19H23NO3. The Morgan fingerprint density at radius 1 is 1.13 bits per heavy atom. The fraction of sp³-hybridized carbons (Fsp3) is 0.421. The fourth-order valence-corrected chi connectivity index (χ4v) is 2.67. The summed E-state index contributed by atoms with van der Waals surface area (Å²) < 4.78 is 11.1. The number of nitrogens with zero attached hydrogens (tertiary/aromatic N) is 1. The van der Waals surface area contributed by atoms with Crippen molar-refractivity contribution >= 4 is 16.5 Å². The normalized spacial score (nSPS) is 19.0. The van der Waals surface area contributed by atoms with Crippen LogP contribution in [0.25, 0.3) is 10.8 Å². The number of hydrogen-bond donors (Lipinski definition) is 0. The van der Waals surface area contributed by atoms with Gasteiger partial charge in [0.2, 0.25) is 0 Å². The van der Waals surface area contributed by atoms with E-state index in [9.17, 15) is 0 Å². The quantitative estimate of drug-likeness (QED) is 0.457. The van der Waals surface area contributed by atoms with Crippen molar-refractivity contribution in [3.63, 3.8) is 0 Å². The number of fused-ring (bicyclic) bond motifs is 1. The van der Waals surface area contributed by atoms with Gasteiger partial charge >= 0.3 is 0 Å². The van der Waals surface area contributed by atoms with Gasteiger partial charge < -0.3 is 14.3 Å². The Balaban J connectivity index is 1.48. The fourth-order valence-electron chi connectivity index (χ4n) is 2.67. The Hall–Kier alpha value is -1.91. The predicted molar refractivity (Wildman–Crippen MR) is 91.7 cm³/mol. The third kappa shape index (κ3) is 4.53. The first kappa shape index (κ1) is 16.0. The van der Waals surface area contributed by atoms with E-state index in [-0.39, 0.29) is 6.29 Å². The van der Waals surface area contributed by atoms with E-state index in [0.717, 1.165) is 30.7 Å². The van der Waals surface area contributed by atoms with Crippen LogP contribution in [0.15, 0.2) is 47.6 Å². The first-order valence-corrected chi connectivity index (χ1v) is 8.22. The first-order valence-electron chi connectivity index (χ1n) is 8.22. The van der Waals surface area contributed by atoms with Gasteiger partial charge in [-0.1, -0.05) is 41.6 Å². The predicted octanol–water partition coefficient (Wildman–Crippen LogP) is 4.12. The number of oxime groups is 1. The maximum Gasteiger partial charge on any atom is 0.157 e. The summed E-state index contributed by atoms with van der Waals surface area (Å²) in [5.41, 5.74) is 1.94. The van der Waals surface area contributed by atoms with Crippen LogP contribution in [0.3, 0.4) is 0 Å². The van der Waals surface area contributed by atoms with Crippen LogP contribution >= 0.6 is 0 Å². The van der Waals surface area contributed by atoms with E-state index in [2.05, 4.69) is 35.5 Å². The molecule has 23 heavy (non-hydrogen) atoms. The molecule has 1 fully saturated rings. The second kappa shape index (κ2) is 8.09. The van der Waals surface area contributed by atoms with Crippen LogP contribution < -0.4 is 0 Å². The topological polar surface area (TPSA) is 40.0 Å². The van der Waals surface area contributed by atoms with E-state index in [4.69, 9.17) is 14.3 Å². The Morgan fingerprint density at radius 2 is 2.00 bits per heavy atom. The summed E-state index contributed by atoms with van der Waals surface area (Å²) in [4.78, 5) is 5.36. The maximum absolute atomic E-state index is 5.61. The van der Waals surface area contributed by atoms with Gasteiger partial charge in [-0.3, -0.25) is 0 Å². The minimum absolute atomic E-state index is 0.0714. The van der Waals surface area contributed by atoms with Crippen LogP contribution in [0, 0.1) is 0 Å². The summed E-state index contributed by atoms with van der Waals surface area (Å²) in [6.45, 7) is 3.68. The van der Waals surface area contributed by atoms with Gasteiger partial charge in [0.1, 0.15) is 6.61 Å². The molecule has 3 rings (SSSR count). The number of hydrogen-bond acceptors (Lipinski definition) is 4. The minimum atomic E-state index is -0.0714. The summed E-state index contributed by atoms with van der Waals surface area (Å²) in [6.07, 6.45) is 3.20. The third-order valence-corrected chi connectivity index (χ3v) is 3.98. The molecule has 1 atom stereocenters. The highest BCUT2D eigenvalue weighted by atomic mass is 16.7. The molecule has 4 heteroatoms. The van der Waals surface area contributed by atoms with Crippen molar-refractivity contribution in [2.24, 2.45) is 5.16 Å². The Morgan fingerprint density at radius 3 is 2.83 bits per heavy atom. The molecule has 1 aliphatic heterocycles. The van der Waals surface area contributed by atoms with Crippen molar-refractivity contribution in [2.45, 2.75) is 32.5 Å². The Labute approximate surface area is 137 Å². The molecule has 0 radical (unpaired) electrons. The maximum atomic E-state index is 5.61. The van der Waals surface area contributed by atoms with Gasteiger partial charge in [-0.05, 0) is 48.6 Å². The molecule has 0 spiro atoms. The van der Waals surface area contributed by atoms with Crippen LogP contribution in [-0.4, -0.2) is 31.8 Å². The highest BCUT2D eigenvalue weighted by Gasteiger charge is 2.13. The van der Waals surface area contributed by atoms with E-state index >= 15 is 0 Å². The molecule has 1 aliphatic rings. The molecule has 2 aromatic rings. The number of ether oxygens (including phenoxy) is 2. The Bertz CT molecular complexity index is 662. The zero-order valence-electron chi connectivity index (χ0n) is 13.5. The molecule has 1 saturated heterocycles. The third-order valence-electron chi connectivity index (χ3n) is 3.98. The highest BCUT2D eigenvalue weighted by molar-refractivity contribution is 6.01. The lowest BCUT2D eigenvalue weighted by atomic mass is 10.0. The van der Waals surface area contributed by atoms with Gasteiger partial charge in [0.15, 0.2) is 6.29 Å². The van der Waals surface area contributed by atoms with Crippen molar-refractivity contribution in [3.8, 4) is 0 Å². The molecular weight excluding hydrogens is 290 g/mol. The molecule has 122 valence electrons. The zero-order valence-corrected chi connectivity index (χ0v) is 13.5. The molecule has 0 aromatic heterocycles. The summed E-state index contributed by atoms with van der Waals surface area (Å²) in [5.74, 6) is 0. The van der Waals surface area contributed by atoms with Crippen molar-refractivity contribution in [1.29, 1.82) is 0 Å². The van der Waals surface area contributed by atoms with Crippen LogP contribution in [0.4, 0.5) is 0 Å². The van der Waals surface area contributed by atoms with Gasteiger partial charge in [0, 0.05) is 6.61 Å². The number of benzene rings is 2. The highest BCUT2D eigenvalue weighted by Crippen LogP contribution is 2.16. The molecule has 0 bridgehead atoms. The second-order valence-corrected chi connectivity index (χ2v) is 5.74. The SMILES string of the molecule is CC(=NOCCOC1CCCCO1)c1ccc2ccccc2c1. The molecule has 1 unspecified atom stereocenters. The largest absolute Gasteiger partial charge is 0.393 e. The Kier molecular flexibility index (Phi) is 5.61.